The summed E-state index contributed by atoms with van der Waals surface area (Å²) in [4.78, 5) is 24.2. The molecule has 0 bridgehead atoms. The SMILES string of the molecule is COc1ccc(NC(=O)c2ccc(OC(=O)COc3ccc(C)cc3)cc2)cc1. The molecule has 0 aliphatic rings. The molecular weight excluding hydrogens is 370 g/mol. The van der Waals surface area contributed by atoms with Crippen LogP contribution < -0.4 is 19.5 Å². The average molecular weight is 391 g/mol. The zero-order valence-electron chi connectivity index (χ0n) is 16.2. The van der Waals surface area contributed by atoms with Crippen LogP contribution in [0, 0.1) is 6.92 Å². The lowest BCUT2D eigenvalue weighted by Gasteiger charge is -2.08. The van der Waals surface area contributed by atoms with E-state index in [4.69, 9.17) is 14.2 Å². The second-order valence-electron chi connectivity index (χ2n) is 6.28. The van der Waals surface area contributed by atoms with E-state index in [1.54, 1.807) is 67.8 Å². The Balaban J connectivity index is 1.51. The van der Waals surface area contributed by atoms with Gasteiger partial charge in [-0.2, -0.15) is 0 Å². The highest BCUT2D eigenvalue weighted by Crippen LogP contribution is 2.18. The highest BCUT2D eigenvalue weighted by atomic mass is 16.6. The number of nitrogens with one attached hydrogen (secondary N) is 1. The fraction of sp³-hybridized carbons (Fsp3) is 0.130. The molecule has 6 nitrogen and oxygen atoms in total. The first-order valence-electron chi connectivity index (χ1n) is 8.99. The fourth-order valence-electron chi connectivity index (χ4n) is 2.49. The second kappa shape index (κ2) is 9.41. The molecular formula is C23H21NO5. The molecule has 29 heavy (non-hydrogen) atoms. The maximum atomic E-state index is 12.3. The normalized spacial score (nSPS) is 10.1. The van der Waals surface area contributed by atoms with Crippen LogP contribution in [0.2, 0.25) is 0 Å². The number of carbonyl (C=O) groups is 2. The molecule has 3 aromatic carbocycles. The van der Waals surface area contributed by atoms with Crippen molar-refractivity contribution in [1.29, 1.82) is 0 Å². The summed E-state index contributed by atoms with van der Waals surface area (Å²) in [6.45, 7) is 1.77. The molecule has 3 rings (SSSR count). The summed E-state index contributed by atoms with van der Waals surface area (Å²) in [6.07, 6.45) is 0. The largest absolute Gasteiger partial charge is 0.497 e. The van der Waals surface area contributed by atoms with Gasteiger partial charge in [-0.15, -0.1) is 0 Å². The molecule has 148 valence electrons. The van der Waals surface area contributed by atoms with Crippen molar-refractivity contribution in [2.24, 2.45) is 0 Å². The summed E-state index contributed by atoms with van der Waals surface area (Å²) in [7, 11) is 1.58. The predicted molar refractivity (Wildman–Crippen MR) is 110 cm³/mol. The topological polar surface area (TPSA) is 73.9 Å². The lowest BCUT2D eigenvalue weighted by Crippen LogP contribution is -2.18. The molecule has 6 heteroatoms. The molecule has 0 aliphatic heterocycles. The summed E-state index contributed by atoms with van der Waals surface area (Å²) in [5.41, 5.74) is 2.20. The predicted octanol–water partition coefficient (Wildman–Crippen LogP) is 4.24. The smallest absolute Gasteiger partial charge is 0.349 e. The van der Waals surface area contributed by atoms with Gasteiger partial charge in [-0.3, -0.25) is 4.79 Å². The van der Waals surface area contributed by atoms with E-state index in [-0.39, 0.29) is 12.5 Å². The standard InChI is InChI=1S/C23H21NO5/c1-16-3-9-20(10-4-16)28-15-22(25)29-21-11-5-17(6-12-21)23(26)24-18-7-13-19(27-2)14-8-18/h3-14H,15H2,1-2H3,(H,24,26). The van der Waals surface area contributed by atoms with Crippen molar-refractivity contribution in [3.05, 3.63) is 83.9 Å². The maximum Gasteiger partial charge on any atom is 0.349 e. The number of esters is 1. The van der Waals surface area contributed by atoms with Gasteiger partial charge in [0.25, 0.3) is 5.91 Å². The van der Waals surface area contributed by atoms with Crippen molar-refractivity contribution in [2.45, 2.75) is 6.92 Å². The van der Waals surface area contributed by atoms with Crippen LogP contribution in [0.1, 0.15) is 15.9 Å². The Morgan fingerprint density at radius 3 is 2.00 bits per heavy atom. The molecule has 0 aromatic heterocycles. The van der Waals surface area contributed by atoms with E-state index in [9.17, 15) is 9.59 Å². The van der Waals surface area contributed by atoms with Crippen molar-refractivity contribution >= 4 is 17.6 Å². The van der Waals surface area contributed by atoms with Crippen LogP contribution in [0.3, 0.4) is 0 Å². The molecule has 0 fully saturated rings. The first-order valence-corrected chi connectivity index (χ1v) is 8.99. The van der Waals surface area contributed by atoms with Gasteiger partial charge in [0.1, 0.15) is 17.2 Å². The monoisotopic (exact) mass is 391 g/mol. The number of amides is 1. The molecule has 0 heterocycles. The Hall–Kier alpha value is -3.80. The molecule has 0 spiro atoms. The van der Waals surface area contributed by atoms with Crippen LogP contribution in [-0.4, -0.2) is 25.6 Å². The second-order valence-corrected chi connectivity index (χ2v) is 6.28. The number of benzene rings is 3. The Morgan fingerprint density at radius 2 is 1.38 bits per heavy atom. The van der Waals surface area contributed by atoms with Gasteiger partial charge in [-0.1, -0.05) is 17.7 Å². The van der Waals surface area contributed by atoms with Crippen molar-refractivity contribution in [3.63, 3.8) is 0 Å². The minimum Gasteiger partial charge on any atom is -0.497 e. The fourth-order valence-corrected chi connectivity index (χ4v) is 2.49. The van der Waals surface area contributed by atoms with Crippen molar-refractivity contribution in [2.75, 3.05) is 19.0 Å². The van der Waals surface area contributed by atoms with Gasteiger partial charge >= 0.3 is 5.97 Å². The maximum absolute atomic E-state index is 12.3. The van der Waals surface area contributed by atoms with E-state index < -0.39 is 5.97 Å². The molecule has 3 aromatic rings. The summed E-state index contributed by atoms with van der Waals surface area (Å²) in [6, 6.07) is 20.7. The van der Waals surface area contributed by atoms with Crippen LogP contribution >= 0.6 is 0 Å². The van der Waals surface area contributed by atoms with Crippen LogP contribution in [0.15, 0.2) is 72.8 Å². The van der Waals surface area contributed by atoms with Crippen LogP contribution in [0.5, 0.6) is 17.2 Å². The van der Waals surface area contributed by atoms with Crippen molar-refractivity contribution in [3.8, 4) is 17.2 Å². The van der Waals surface area contributed by atoms with Gasteiger partial charge in [0.15, 0.2) is 6.61 Å². The molecule has 0 radical (unpaired) electrons. The summed E-state index contributed by atoms with van der Waals surface area (Å²) >= 11 is 0. The quantitative estimate of drug-likeness (QED) is 0.482. The first kappa shape index (κ1) is 19.9. The summed E-state index contributed by atoms with van der Waals surface area (Å²) in [5, 5.41) is 2.79. The van der Waals surface area contributed by atoms with E-state index in [0.717, 1.165) is 5.56 Å². The molecule has 0 saturated carbocycles. The molecule has 1 amide bonds. The van der Waals surface area contributed by atoms with E-state index in [2.05, 4.69) is 5.32 Å². The lowest BCUT2D eigenvalue weighted by molar-refractivity contribution is -0.136. The molecule has 0 saturated heterocycles. The van der Waals surface area contributed by atoms with Gasteiger partial charge < -0.3 is 19.5 Å². The number of ether oxygens (including phenoxy) is 3. The van der Waals surface area contributed by atoms with Gasteiger partial charge in [-0.25, -0.2) is 4.79 Å². The van der Waals surface area contributed by atoms with E-state index in [1.165, 1.54) is 0 Å². The van der Waals surface area contributed by atoms with Crippen molar-refractivity contribution in [1.82, 2.24) is 0 Å². The Kier molecular flexibility index (Phi) is 6.47. The number of hydrogen-bond donors (Lipinski definition) is 1. The third-order valence-electron chi connectivity index (χ3n) is 4.07. The highest BCUT2D eigenvalue weighted by Gasteiger charge is 2.09. The lowest BCUT2D eigenvalue weighted by atomic mass is 10.2. The number of carbonyl (C=O) groups excluding carboxylic acids is 2. The van der Waals surface area contributed by atoms with Gasteiger partial charge in [0.2, 0.25) is 0 Å². The van der Waals surface area contributed by atoms with Crippen LogP contribution in [-0.2, 0) is 4.79 Å². The minimum atomic E-state index is -0.527. The molecule has 0 atom stereocenters. The zero-order valence-corrected chi connectivity index (χ0v) is 16.2. The number of hydrogen-bond acceptors (Lipinski definition) is 5. The van der Waals surface area contributed by atoms with Crippen molar-refractivity contribution < 1.29 is 23.8 Å². The number of anilines is 1. The summed E-state index contributed by atoms with van der Waals surface area (Å²) < 4.78 is 15.7. The highest BCUT2D eigenvalue weighted by molar-refractivity contribution is 6.04. The average Bonchev–Trinajstić information content (AvgIpc) is 2.74. The van der Waals surface area contributed by atoms with E-state index >= 15 is 0 Å². The zero-order chi connectivity index (χ0) is 20.6. The van der Waals surface area contributed by atoms with Crippen LogP contribution in [0.25, 0.3) is 0 Å². The third-order valence-corrected chi connectivity index (χ3v) is 4.07. The van der Waals surface area contributed by atoms with Gasteiger partial charge in [0.05, 0.1) is 7.11 Å². The van der Waals surface area contributed by atoms with Gasteiger partial charge in [0, 0.05) is 11.3 Å². The number of methoxy groups -OCH3 is 1. The van der Waals surface area contributed by atoms with E-state index in [1.807, 2.05) is 19.1 Å². The Morgan fingerprint density at radius 1 is 0.793 bits per heavy atom. The molecule has 0 aliphatic carbocycles. The Labute approximate surface area is 169 Å². The minimum absolute atomic E-state index is 0.206. The number of rotatable bonds is 7. The first-order chi connectivity index (χ1) is 14.0. The summed E-state index contributed by atoms with van der Waals surface area (Å²) in [5.74, 6) is 0.846. The number of aryl methyl sites for hydroxylation is 1. The molecule has 0 unspecified atom stereocenters. The van der Waals surface area contributed by atoms with E-state index in [0.29, 0.717) is 28.5 Å². The van der Waals surface area contributed by atoms with Crippen LogP contribution in [0.4, 0.5) is 5.69 Å². The third kappa shape index (κ3) is 5.84. The molecule has 1 N–H and O–H groups in total. The van der Waals surface area contributed by atoms with Gasteiger partial charge in [-0.05, 0) is 67.6 Å². The Bertz CT molecular complexity index is 964.